The quantitative estimate of drug-likeness (QED) is 0.655. The summed E-state index contributed by atoms with van der Waals surface area (Å²) in [6.07, 6.45) is 6.47. The number of hydrogen-bond donors (Lipinski definition) is 1. The van der Waals surface area contributed by atoms with E-state index in [2.05, 4.69) is 6.92 Å². The van der Waals surface area contributed by atoms with Crippen LogP contribution in [0.25, 0.3) is 0 Å². The Bertz CT molecular complexity index is 391. The zero-order valence-corrected chi connectivity index (χ0v) is 11.9. The van der Waals surface area contributed by atoms with E-state index in [1.165, 1.54) is 25.3 Å². The summed E-state index contributed by atoms with van der Waals surface area (Å²) in [4.78, 5) is 0. The minimum Gasteiger partial charge on any atom is -0.388 e. The third-order valence-corrected chi connectivity index (χ3v) is 3.47. The molecule has 19 heavy (non-hydrogen) atoms. The minimum absolute atomic E-state index is 0.215. The predicted molar refractivity (Wildman–Crippen MR) is 74.0 cm³/mol. The summed E-state index contributed by atoms with van der Waals surface area (Å²) in [6, 6.07) is 2.27. The lowest BCUT2D eigenvalue weighted by Crippen LogP contribution is -2.03. The predicted octanol–water partition coefficient (Wildman–Crippen LogP) is 5.06. The Labute approximate surface area is 114 Å². The highest BCUT2D eigenvalue weighted by atomic mass is 19.1. The van der Waals surface area contributed by atoms with E-state index >= 15 is 0 Å². The van der Waals surface area contributed by atoms with Gasteiger partial charge in [-0.3, -0.25) is 0 Å². The van der Waals surface area contributed by atoms with Crippen LogP contribution in [0.2, 0.25) is 0 Å². The largest absolute Gasteiger partial charge is 0.388 e. The van der Waals surface area contributed by atoms with Crippen LogP contribution in [-0.4, -0.2) is 5.11 Å². The molecule has 3 heteroatoms. The second kappa shape index (κ2) is 8.26. The van der Waals surface area contributed by atoms with Gasteiger partial charge in [-0.15, -0.1) is 0 Å². The number of unbranched alkanes of at least 4 members (excludes halogenated alkanes) is 5. The van der Waals surface area contributed by atoms with E-state index in [1.54, 1.807) is 6.92 Å². The van der Waals surface area contributed by atoms with Crippen LogP contribution in [0.4, 0.5) is 8.78 Å². The van der Waals surface area contributed by atoms with Gasteiger partial charge in [-0.1, -0.05) is 45.4 Å². The van der Waals surface area contributed by atoms with Crippen LogP contribution in [0.3, 0.4) is 0 Å². The molecule has 1 aromatic carbocycles. The zero-order chi connectivity index (χ0) is 14.3. The molecule has 0 saturated heterocycles. The van der Waals surface area contributed by atoms with Crippen molar-refractivity contribution in [2.45, 2.75) is 64.9 Å². The molecule has 0 aromatic heterocycles. The third-order valence-electron chi connectivity index (χ3n) is 3.47. The minimum atomic E-state index is -0.828. The first-order valence-corrected chi connectivity index (χ1v) is 7.19. The van der Waals surface area contributed by atoms with Gasteiger partial charge in [0.15, 0.2) is 0 Å². The highest BCUT2D eigenvalue weighted by Gasteiger charge is 2.14. The van der Waals surface area contributed by atoms with E-state index in [4.69, 9.17) is 0 Å². The van der Waals surface area contributed by atoms with E-state index in [0.29, 0.717) is 12.0 Å². The Balaban J connectivity index is 2.41. The molecule has 0 bridgehead atoms. The van der Waals surface area contributed by atoms with Gasteiger partial charge in [-0.2, -0.15) is 0 Å². The van der Waals surface area contributed by atoms with Gasteiger partial charge in [0.05, 0.1) is 6.10 Å². The monoisotopic (exact) mass is 270 g/mol. The normalized spacial score (nSPS) is 12.7. The van der Waals surface area contributed by atoms with Gasteiger partial charge in [0.1, 0.15) is 11.6 Å². The molecule has 1 unspecified atom stereocenters. The second-order valence-corrected chi connectivity index (χ2v) is 5.20. The molecule has 1 rings (SSSR count). The van der Waals surface area contributed by atoms with Crippen LogP contribution in [-0.2, 0) is 0 Å². The Hall–Kier alpha value is -0.960. The van der Waals surface area contributed by atoms with Crippen molar-refractivity contribution in [1.29, 1.82) is 0 Å². The van der Waals surface area contributed by atoms with Crippen molar-refractivity contribution >= 4 is 0 Å². The lowest BCUT2D eigenvalue weighted by atomic mass is 10.00. The molecule has 1 nitrogen and oxygen atoms in total. The van der Waals surface area contributed by atoms with Crippen molar-refractivity contribution in [3.05, 3.63) is 34.9 Å². The van der Waals surface area contributed by atoms with Gasteiger partial charge in [-0.25, -0.2) is 8.78 Å². The van der Waals surface area contributed by atoms with E-state index in [0.717, 1.165) is 25.3 Å². The zero-order valence-electron chi connectivity index (χ0n) is 11.9. The van der Waals surface area contributed by atoms with Crippen molar-refractivity contribution in [3.63, 3.8) is 0 Å². The molecule has 0 fully saturated rings. The van der Waals surface area contributed by atoms with Crippen molar-refractivity contribution in [2.24, 2.45) is 0 Å². The van der Waals surface area contributed by atoms with E-state index in [-0.39, 0.29) is 5.56 Å². The molecule has 0 amide bonds. The molecular formula is C16H24F2O. The Morgan fingerprint density at radius 1 is 1.00 bits per heavy atom. The number of aliphatic hydroxyl groups is 1. The second-order valence-electron chi connectivity index (χ2n) is 5.20. The van der Waals surface area contributed by atoms with Crippen LogP contribution in [0.15, 0.2) is 12.1 Å². The van der Waals surface area contributed by atoms with E-state index in [1.807, 2.05) is 0 Å². The van der Waals surface area contributed by atoms with Gasteiger partial charge < -0.3 is 5.11 Å². The molecule has 0 radical (unpaired) electrons. The standard InChI is InChI=1S/C16H24F2O/c1-3-4-5-6-7-8-9-16(19)13-10-12(2)14(17)11-15(13)18/h10-11,16,19H,3-9H2,1-2H3. The first kappa shape index (κ1) is 16.1. The summed E-state index contributed by atoms with van der Waals surface area (Å²) in [6.45, 7) is 3.75. The molecule has 0 aliphatic rings. The molecule has 1 aromatic rings. The lowest BCUT2D eigenvalue weighted by molar-refractivity contribution is 0.158. The first-order valence-electron chi connectivity index (χ1n) is 7.19. The Morgan fingerprint density at radius 2 is 1.63 bits per heavy atom. The van der Waals surface area contributed by atoms with Crippen LogP contribution >= 0.6 is 0 Å². The number of halogens is 2. The maximum Gasteiger partial charge on any atom is 0.131 e. The SMILES string of the molecule is CCCCCCCCC(O)c1cc(C)c(F)cc1F. The lowest BCUT2D eigenvalue weighted by Gasteiger charge is -2.13. The van der Waals surface area contributed by atoms with Crippen molar-refractivity contribution in [3.8, 4) is 0 Å². The third kappa shape index (κ3) is 5.27. The maximum absolute atomic E-state index is 13.6. The number of rotatable bonds is 8. The number of benzene rings is 1. The van der Waals surface area contributed by atoms with Crippen molar-refractivity contribution < 1.29 is 13.9 Å². The summed E-state index contributed by atoms with van der Waals surface area (Å²) in [5.41, 5.74) is 0.589. The number of aryl methyl sites for hydroxylation is 1. The molecular weight excluding hydrogens is 246 g/mol. The van der Waals surface area contributed by atoms with Crippen LogP contribution < -0.4 is 0 Å². The molecule has 108 valence electrons. The Kier molecular flexibility index (Phi) is 7.00. The van der Waals surface area contributed by atoms with Gasteiger partial charge in [0, 0.05) is 11.6 Å². The number of hydrogen-bond acceptors (Lipinski definition) is 1. The summed E-state index contributed by atoms with van der Waals surface area (Å²) in [5.74, 6) is -1.21. The fourth-order valence-corrected chi connectivity index (χ4v) is 2.21. The summed E-state index contributed by atoms with van der Waals surface area (Å²) < 4.78 is 26.7. The maximum atomic E-state index is 13.6. The summed E-state index contributed by atoms with van der Waals surface area (Å²) >= 11 is 0. The van der Waals surface area contributed by atoms with E-state index in [9.17, 15) is 13.9 Å². The topological polar surface area (TPSA) is 20.2 Å². The first-order chi connectivity index (χ1) is 9.06. The molecule has 1 atom stereocenters. The molecule has 0 saturated carbocycles. The molecule has 1 N–H and O–H groups in total. The van der Waals surface area contributed by atoms with Gasteiger partial charge >= 0.3 is 0 Å². The molecule has 0 aliphatic heterocycles. The smallest absolute Gasteiger partial charge is 0.131 e. The molecule has 0 aliphatic carbocycles. The summed E-state index contributed by atoms with van der Waals surface area (Å²) in [7, 11) is 0. The van der Waals surface area contributed by atoms with Crippen LogP contribution in [0.1, 0.15) is 69.1 Å². The molecule has 0 heterocycles. The average Bonchev–Trinajstić information content (AvgIpc) is 2.37. The summed E-state index contributed by atoms with van der Waals surface area (Å²) in [5, 5.41) is 9.96. The molecule has 0 spiro atoms. The highest BCUT2D eigenvalue weighted by molar-refractivity contribution is 5.27. The highest BCUT2D eigenvalue weighted by Crippen LogP contribution is 2.25. The van der Waals surface area contributed by atoms with Gasteiger partial charge in [0.2, 0.25) is 0 Å². The average molecular weight is 270 g/mol. The number of aliphatic hydroxyl groups excluding tert-OH is 1. The van der Waals surface area contributed by atoms with Gasteiger partial charge in [0.25, 0.3) is 0 Å². The fraction of sp³-hybridized carbons (Fsp3) is 0.625. The van der Waals surface area contributed by atoms with Crippen LogP contribution in [0.5, 0.6) is 0 Å². The van der Waals surface area contributed by atoms with Crippen LogP contribution in [0, 0.1) is 18.6 Å². The Morgan fingerprint density at radius 3 is 2.32 bits per heavy atom. The van der Waals surface area contributed by atoms with E-state index < -0.39 is 17.7 Å². The van der Waals surface area contributed by atoms with Gasteiger partial charge in [-0.05, 0) is 25.0 Å². The fourth-order valence-electron chi connectivity index (χ4n) is 2.21. The van der Waals surface area contributed by atoms with Crippen molar-refractivity contribution in [2.75, 3.05) is 0 Å². The van der Waals surface area contributed by atoms with Crippen molar-refractivity contribution in [1.82, 2.24) is 0 Å².